The number of carbonyl (C=O) groups is 1. The van der Waals surface area contributed by atoms with E-state index in [-0.39, 0.29) is 10.1 Å². The number of benzene rings is 1. The largest absolute Gasteiger partial charge is 0.339 e. The van der Waals surface area contributed by atoms with Crippen LogP contribution >= 0.6 is 22.7 Å². The molecule has 0 radical (unpaired) electrons. The first-order chi connectivity index (χ1) is 13.8. The fourth-order valence-corrected chi connectivity index (χ4v) is 6.42. The standard InChI is InChI=1S/C20H21N3O3S3/c1-13-6-5-7-15(19(13)20(24)23-10-3-4-11-23)22-29(25,26)18-9-8-17(28-18)16-12-27-14(2)21-16/h5-9,12,22H,3-4,10-11H2,1-2H3. The third-order valence-corrected chi connectivity index (χ3v) is 8.58. The van der Waals surface area contributed by atoms with Crippen molar-refractivity contribution >= 4 is 44.3 Å². The number of thiophene rings is 1. The highest BCUT2D eigenvalue weighted by atomic mass is 32.2. The number of aromatic nitrogens is 1. The summed E-state index contributed by atoms with van der Waals surface area (Å²) in [5.41, 5.74) is 2.28. The number of thiazole rings is 1. The lowest BCUT2D eigenvalue weighted by atomic mass is 10.1. The Labute approximate surface area is 178 Å². The van der Waals surface area contributed by atoms with Gasteiger partial charge in [-0.15, -0.1) is 22.7 Å². The van der Waals surface area contributed by atoms with Crippen molar-refractivity contribution in [3.8, 4) is 10.6 Å². The highest BCUT2D eigenvalue weighted by Gasteiger charge is 2.26. The quantitative estimate of drug-likeness (QED) is 0.623. The van der Waals surface area contributed by atoms with Crippen LogP contribution in [0.1, 0.15) is 33.8 Å². The topological polar surface area (TPSA) is 79.4 Å². The Balaban J connectivity index is 1.64. The molecule has 9 heteroatoms. The molecular weight excluding hydrogens is 426 g/mol. The molecule has 1 aromatic carbocycles. The van der Waals surface area contributed by atoms with Gasteiger partial charge in [0.15, 0.2) is 0 Å². The fourth-order valence-electron chi connectivity index (χ4n) is 3.39. The lowest BCUT2D eigenvalue weighted by Gasteiger charge is -2.20. The summed E-state index contributed by atoms with van der Waals surface area (Å²) in [6.45, 7) is 5.16. The maximum Gasteiger partial charge on any atom is 0.271 e. The zero-order valence-corrected chi connectivity index (χ0v) is 18.6. The van der Waals surface area contributed by atoms with Crippen LogP contribution in [0.25, 0.3) is 10.6 Å². The summed E-state index contributed by atoms with van der Waals surface area (Å²) in [6, 6.07) is 8.57. The second kappa shape index (κ2) is 7.89. The number of nitrogens with zero attached hydrogens (tertiary/aromatic N) is 2. The molecule has 4 rings (SSSR count). The smallest absolute Gasteiger partial charge is 0.271 e. The maximum absolute atomic E-state index is 13.0. The van der Waals surface area contributed by atoms with Gasteiger partial charge in [0.2, 0.25) is 0 Å². The van der Waals surface area contributed by atoms with Crippen LogP contribution in [0.2, 0.25) is 0 Å². The molecule has 0 spiro atoms. The Morgan fingerprint density at radius 2 is 1.90 bits per heavy atom. The summed E-state index contributed by atoms with van der Waals surface area (Å²) in [7, 11) is -3.82. The number of likely N-dealkylation sites (tertiary alicyclic amines) is 1. The lowest BCUT2D eigenvalue weighted by molar-refractivity contribution is 0.0793. The van der Waals surface area contributed by atoms with Crippen LogP contribution in [0.4, 0.5) is 5.69 Å². The molecule has 0 saturated carbocycles. The van der Waals surface area contributed by atoms with E-state index in [0.717, 1.165) is 34.0 Å². The van der Waals surface area contributed by atoms with Gasteiger partial charge in [0, 0.05) is 18.5 Å². The first kappa shape index (κ1) is 20.1. The zero-order chi connectivity index (χ0) is 20.6. The molecule has 6 nitrogen and oxygen atoms in total. The van der Waals surface area contributed by atoms with Gasteiger partial charge in [0.1, 0.15) is 4.21 Å². The van der Waals surface area contributed by atoms with Crippen LogP contribution in [0.15, 0.2) is 39.9 Å². The molecule has 1 aliphatic heterocycles. The van der Waals surface area contributed by atoms with E-state index in [0.29, 0.717) is 24.3 Å². The third-order valence-electron chi connectivity index (χ3n) is 4.84. The molecule has 1 saturated heterocycles. The first-order valence-electron chi connectivity index (χ1n) is 9.29. The lowest BCUT2D eigenvalue weighted by Crippen LogP contribution is -2.29. The molecule has 1 fully saturated rings. The number of sulfonamides is 1. The maximum atomic E-state index is 13.0. The van der Waals surface area contributed by atoms with Crippen LogP contribution in [-0.2, 0) is 10.0 Å². The van der Waals surface area contributed by atoms with Gasteiger partial charge in [0.05, 0.1) is 26.8 Å². The highest BCUT2D eigenvalue weighted by Crippen LogP contribution is 2.33. The van der Waals surface area contributed by atoms with E-state index < -0.39 is 10.0 Å². The molecule has 0 bridgehead atoms. The molecule has 3 heterocycles. The van der Waals surface area contributed by atoms with E-state index in [1.165, 1.54) is 22.7 Å². The van der Waals surface area contributed by atoms with Crippen molar-refractivity contribution in [3.63, 3.8) is 0 Å². The van der Waals surface area contributed by atoms with E-state index in [1.807, 2.05) is 25.3 Å². The number of amides is 1. The van der Waals surface area contributed by atoms with E-state index >= 15 is 0 Å². The van der Waals surface area contributed by atoms with Crippen LogP contribution < -0.4 is 4.72 Å². The van der Waals surface area contributed by atoms with Crippen molar-refractivity contribution in [2.45, 2.75) is 30.9 Å². The van der Waals surface area contributed by atoms with Crippen molar-refractivity contribution in [3.05, 3.63) is 51.8 Å². The molecule has 0 aliphatic carbocycles. The summed E-state index contributed by atoms with van der Waals surface area (Å²) in [5.74, 6) is -0.122. The van der Waals surface area contributed by atoms with Crippen LogP contribution in [0.5, 0.6) is 0 Å². The fraction of sp³-hybridized carbons (Fsp3) is 0.300. The summed E-state index contributed by atoms with van der Waals surface area (Å²) in [6.07, 6.45) is 1.96. The van der Waals surface area contributed by atoms with E-state index in [4.69, 9.17) is 0 Å². The molecule has 1 amide bonds. The van der Waals surface area contributed by atoms with Gasteiger partial charge < -0.3 is 4.90 Å². The third kappa shape index (κ3) is 4.08. The molecule has 1 N–H and O–H groups in total. The monoisotopic (exact) mass is 447 g/mol. The molecule has 1 aliphatic rings. The minimum absolute atomic E-state index is 0.122. The number of anilines is 1. The Bertz CT molecular complexity index is 1160. The molecule has 29 heavy (non-hydrogen) atoms. The van der Waals surface area contributed by atoms with Crippen LogP contribution in [0.3, 0.4) is 0 Å². The van der Waals surface area contributed by atoms with Gasteiger partial charge in [0.25, 0.3) is 15.9 Å². The zero-order valence-electron chi connectivity index (χ0n) is 16.1. The molecule has 0 unspecified atom stereocenters. The SMILES string of the molecule is Cc1nc(-c2ccc(S(=O)(=O)Nc3cccc(C)c3C(=O)N3CCCC3)s2)cs1. The Morgan fingerprint density at radius 1 is 1.14 bits per heavy atom. The van der Waals surface area contributed by atoms with Crippen molar-refractivity contribution in [2.24, 2.45) is 0 Å². The molecule has 0 atom stereocenters. The first-order valence-corrected chi connectivity index (χ1v) is 12.5. The number of carbonyl (C=O) groups excluding carboxylic acids is 1. The Hall–Kier alpha value is -2.23. The van der Waals surface area contributed by atoms with Gasteiger partial charge in [-0.1, -0.05) is 12.1 Å². The normalized spacial score (nSPS) is 14.3. The van der Waals surface area contributed by atoms with E-state index in [9.17, 15) is 13.2 Å². The van der Waals surface area contributed by atoms with E-state index in [2.05, 4.69) is 9.71 Å². The highest BCUT2D eigenvalue weighted by molar-refractivity contribution is 7.94. The minimum Gasteiger partial charge on any atom is -0.339 e. The summed E-state index contributed by atoms with van der Waals surface area (Å²) in [4.78, 5) is 20.0. The van der Waals surface area contributed by atoms with E-state index in [1.54, 1.807) is 29.2 Å². The van der Waals surface area contributed by atoms with Gasteiger partial charge in [-0.25, -0.2) is 13.4 Å². The minimum atomic E-state index is -3.82. The summed E-state index contributed by atoms with van der Waals surface area (Å²) < 4.78 is 28.9. The van der Waals surface area contributed by atoms with Crippen molar-refractivity contribution in [1.82, 2.24) is 9.88 Å². The average Bonchev–Trinajstić information content (AvgIpc) is 3.42. The number of hydrogen-bond acceptors (Lipinski definition) is 6. The number of rotatable bonds is 5. The predicted octanol–water partition coefficient (Wildman–Crippen LogP) is 4.53. The summed E-state index contributed by atoms with van der Waals surface area (Å²) >= 11 is 2.69. The number of aryl methyl sites for hydroxylation is 2. The summed E-state index contributed by atoms with van der Waals surface area (Å²) in [5, 5.41) is 2.85. The van der Waals surface area contributed by atoms with Crippen molar-refractivity contribution < 1.29 is 13.2 Å². The average molecular weight is 448 g/mol. The second-order valence-corrected chi connectivity index (χ2v) is 11.0. The molecular formula is C20H21N3O3S3. The number of hydrogen-bond donors (Lipinski definition) is 1. The second-order valence-electron chi connectivity index (χ2n) is 6.97. The van der Waals surface area contributed by atoms with Gasteiger partial charge in [-0.05, 0) is 50.5 Å². The van der Waals surface area contributed by atoms with Crippen LogP contribution in [-0.4, -0.2) is 37.3 Å². The molecule has 2 aromatic heterocycles. The number of nitrogens with one attached hydrogen (secondary N) is 1. The van der Waals surface area contributed by atoms with Crippen molar-refractivity contribution in [1.29, 1.82) is 0 Å². The molecule has 152 valence electrons. The predicted molar refractivity (Wildman–Crippen MR) is 117 cm³/mol. The van der Waals surface area contributed by atoms with Crippen LogP contribution in [0, 0.1) is 13.8 Å². The van der Waals surface area contributed by atoms with Gasteiger partial charge in [-0.2, -0.15) is 0 Å². The van der Waals surface area contributed by atoms with Gasteiger partial charge >= 0.3 is 0 Å². The van der Waals surface area contributed by atoms with Gasteiger partial charge in [-0.3, -0.25) is 9.52 Å². The molecule has 3 aromatic rings. The van der Waals surface area contributed by atoms with Crippen molar-refractivity contribution in [2.75, 3.05) is 17.8 Å². The Morgan fingerprint density at radius 3 is 2.59 bits per heavy atom. The Kier molecular flexibility index (Phi) is 5.46.